The van der Waals surface area contributed by atoms with Gasteiger partial charge in [0.2, 0.25) is 10.0 Å². The average Bonchev–Trinajstić information content (AvgIpc) is 2.16. The van der Waals surface area contributed by atoms with Crippen LogP contribution in [0.4, 0.5) is 0 Å². The van der Waals surface area contributed by atoms with Gasteiger partial charge in [0, 0.05) is 13.2 Å². The highest BCUT2D eigenvalue weighted by Crippen LogP contribution is 1.99. The van der Waals surface area contributed by atoms with E-state index in [9.17, 15) is 13.5 Å². The predicted octanol–water partition coefficient (Wildman–Crippen LogP) is -1.31. The van der Waals surface area contributed by atoms with Gasteiger partial charge >= 0.3 is 0 Å². The summed E-state index contributed by atoms with van der Waals surface area (Å²) in [6.45, 7) is 2.99. The maximum atomic E-state index is 11.3. The van der Waals surface area contributed by atoms with E-state index in [4.69, 9.17) is 9.84 Å². The Morgan fingerprint density at radius 2 is 2.07 bits per heavy atom. The number of hydrogen-bond acceptors (Lipinski definition) is 5. The summed E-state index contributed by atoms with van der Waals surface area (Å²) in [7, 11) is -3.44. The van der Waals surface area contributed by atoms with Gasteiger partial charge < -0.3 is 14.9 Å². The average molecular weight is 241 g/mol. The molecule has 0 bridgehead atoms. The van der Waals surface area contributed by atoms with Crippen LogP contribution in [0.5, 0.6) is 0 Å². The van der Waals surface area contributed by atoms with Crippen LogP contribution >= 0.6 is 0 Å². The second-order valence-corrected chi connectivity index (χ2v) is 5.42. The Bertz CT molecular complexity index is 262. The van der Waals surface area contributed by atoms with Gasteiger partial charge in [-0.25, -0.2) is 13.1 Å². The molecule has 0 spiro atoms. The number of aliphatic hydroxyl groups is 2. The van der Waals surface area contributed by atoms with Crippen molar-refractivity contribution in [1.82, 2.24) is 4.72 Å². The predicted molar refractivity (Wildman–Crippen MR) is 56.0 cm³/mol. The van der Waals surface area contributed by atoms with E-state index in [-0.39, 0.29) is 18.9 Å². The zero-order valence-corrected chi connectivity index (χ0v) is 9.88. The molecule has 0 aromatic heterocycles. The summed E-state index contributed by atoms with van der Waals surface area (Å²) < 4.78 is 29.7. The molecule has 3 N–H and O–H groups in total. The molecule has 7 heteroatoms. The van der Waals surface area contributed by atoms with Crippen LogP contribution in [-0.4, -0.2) is 56.4 Å². The Hall–Kier alpha value is -0.210. The molecule has 0 aromatic rings. The Kier molecular flexibility index (Phi) is 6.30. The first-order chi connectivity index (χ1) is 6.83. The summed E-state index contributed by atoms with van der Waals surface area (Å²) in [5.41, 5.74) is -1.43. The van der Waals surface area contributed by atoms with Crippen LogP contribution in [0.2, 0.25) is 0 Å². The molecule has 0 amide bonds. The van der Waals surface area contributed by atoms with E-state index >= 15 is 0 Å². The Morgan fingerprint density at radius 3 is 2.53 bits per heavy atom. The molecule has 0 aliphatic heterocycles. The van der Waals surface area contributed by atoms with Crippen LogP contribution in [0.3, 0.4) is 0 Å². The molecular formula is C8H19NO5S. The first kappa shape index (κ1) is 14.8. The minimum absolute atomic E-state index is 0.118. The number of ether oxygens (including phenoxy) is 1. The van der Waals surface area contributed by atoms with Crippen LogP contribution in [0.1, 0.15) is 13.8 Å². The van der Waals surface area contributed by atoms with Crippen molar-refractivity contribution >= 4 is 10.0 Å². The molecule has 1 unspecified atom stereocenters. The number of aliphatic hydroxyl groups excluding tert-OH is 1. The molecular weight excluding hydrogens is 222 g/mol. The van der Waals surface area contributed by atoms with Gasteiger partial charge in [-0.15, -0.1) is 0 Å². The van der Waals surface area contributed by atoms with Crippen LogP contribution < -0.4 is 4.72 Å². The molecule has 1 atom stereocenters. The molecule has 0 rings (SSSR count). The highest BCUT2D eigenvalue weighted by molar-refractivity contribution is 7.89. The summed E-state index contributed by atoms with van der Waals surface area (Å²) >= 11 is 0. The van der Waals surface area contributed by atoms with Crippen molar-refractivity contribution in [2.24, 2.45) is 0 Å². The molecule has 0 aliphatic rings. The molecule has 0 radical (unpaired) electrons. The summed E-state index contributed by atoms with van der Waals surface area (Å²) in [4.78, 5) is 0. The summed E-state index contributed by atoms with van der Waals surface area (Å²) in [5, 5.41) is 18.0. The Balaban J connectivity index is 3.94. The van der Waals surface area contributed by atoms with Gasteiger partial charge in [0.15, 0.2) is 0 Å². The highest BCUT2D eigenvalue weighted by atomic mass is 32.2. The standard InChI is InChI=1S/C8H19NO5S/c1-3-14-4-5-15(12,13)9-6-8(2,11)7-10/h9-11H,3-7H2,1-2H3. The zero-order valence-electron chi connectivity index (χ0n) is 9.06. The molecule has 0 saturated heterocycles. The Morgan fingerprint density at radius 1 is 1.47 bits per heavy atom. The third kappa shape index (κ3) is 7.69. The highest BCUT2D eigenvalue weighted by Gasteiger charge is 2.21. The lowest BCUT2D eigenvalue weighted by molar-refractivity contribution is 0.00678. The molecule has 0 heterocycles. The molecule has 15 heavy (non-hydrogen) atoms. The summed E-state index contributed by atoms with van der Waals surface area (Å²) in [6.07, 6.45) is 0. The lowest BCUT2D eigenvalue weighted by Gasteiger charge is -2.20. The molecule has 6 nitrogen and oxygen atoms in total. The minimum Gasteiger partial charge on any atom is -0.393 e. The van der Waals surface area contributed by atoms with Crippen molar-refractivity contribution < 1.29 is 23.4 Å². The molecule has 0 saturated carbocycles. The maximum Gasteiger partial charge on any atom is 0.213 e. The first-order valence-electron chi connectivity index (χ1n) is 4.71. The maximum absolute atomic E-state index is 11.3. The van der Waals surface area contributed by atoms with Crippen molar-refractivity contribution in [3.8, 4) is 0 Å². The van der Waals surface area contributed by atoms with Crippen LogP contribution in [0.25, 0.3) is 0 Å². The van der Waals surface area contributed by atoms with Gasteiger partial charge in [-0.1, -0.05) is 0 Å². The van der Waals surface area contributed by atoms with Crippen LogP contribution in [0.15, 0.2) is 0 Å². The monoisotopic (exact) mass is 241 g/mol. The second-order valence-electron chi connectivity index (χ2n) is 3.49. The van der Waals surface area contributed by atoms with Crippen molar-refractivity contribution in [1.29, 1.82) is 0 Å². The second kappa shape index (κ2) is 6.39. The van der Waals surface area contributed by atoms with Crippen molar-refractivity contribution in [2.45, 2.75) is 19.4 Å². The molecule has 0 aromatic carbocycles. The number of rotatable bonds is 8. The largest absolute Gasteiger partial charge is 0.393 e. The third-order valence-corrected chi connectivity index (χ3v) is 3.00. The van der Waals surface area contributed by atoms with Gasteiger partial charge in [0.25, 0.3) is 0 Å². The van der Waals surface area contributed by atoms with E-state index in [1.165, 1.54) is 6.92 Å². The molecule has 0 fully saturated rings. The van der Waals surface area contributed by atoms with Gasteiger partial charge in [0.05, 0.1) is 24.6 Å². The SMILES string of the molecule is CCOCCS(=O)(=O)NCC(C)(O)CO. The van der Waals surface area contributed by atoms with E-state index < -0.39 is 22.2 Å². The smallest absolute Gasteiger partial charge is 0.213 e. The van der Waals surface area contributed by atoms with E-state index in [1.807, 2.05) is 0 Å². The minimum atomic E-state index is -3.44. The number of sulfonamides is 1. The normalized spacial score (nSPS) is 16.3. The number of nitrogens with one attached hydrogen (secondary N) is 1. The lowest BCUT2D eigenvalue weighted by atomic mass is 10.1. The number of hydrogen-bond donors (Lipinski definition) is 3. The summed E-state index contributed by atoms with van der Waals surface area (Å²) in [5.74, 6) is -0.150. The fourth-order valence-corrected chi connectivity index (χ4v) is 1.72. The Labute approximate surface area is 90.3 Å². The quantitative estimate of drug-likeness (QED) is 0.458. The third-order valence-electron chi connectivity index (χ3n) is 1.71. The van der Waals surface area contributed by atoms with Crippen LogP contribution in [0, 0.1) is 0 Å². The van der Waals surface area contributed by atoms with Gasteiger partial charge in [-0.2, -0.15) is 0 Å². The van der Waals surface area contributed by atoms with E-state index in [1.54, 1.807) is 6.92 Å². The van der Waals surface area contributed by atoms with E-state index in [0.717, 1.165) is 0 Å². The van der Waals surface area contributed by atoms with Gasteiger partial charge in [0.1, 0.15) is 0 Å². The topological polar surface area (TPSA) is 95.9 Å². The van der Waals surface area contributed by atoms with Gasteiger partial charge in [-0.3, -0.25) is 0 Å². The molecule has 92 valence electrons. The van der Waals surface area contributed by atoms with Crippen LogP contribution in [-0.2, 0) is 14.8 Å². The lowest BCUT2D eigenvalue weighted by Crippen LogP contribution is -2.44. The van der Waals surface area contributed by atoms with Crippen molar-refractivity contribution in [3.63, 3.8) is 0 Å². The first-order valence-corrected chi connectivity index (χ1v) is 6.36. The van der Waals surface area contributed by atoms with E-state index in [2.05, 4.69) is 4.72 Å². The fraction of sp³-hybridized carbons (Fsp3) is 1.00. The van der Waals surface area contributed by atoms with Gasteiger partial charge in [-0.05, 0) is 13.8 Å². The summed E-state index contributed by atoms with van der Waals surface area (Å²) in [6, 6.07) is 0. The van der Waals surface area contributed by atoms with Crippen molar-refractivity contribution in [2.75, 3.05) is 32.1 Å². The van der Waals surface area contributed by atoms with Crippen molar-refractivity contribution in [3.05, 3.63) is 0 Å². The fourth-order valence-electron chi connectivity index (χ4n) is 0.706. The zero-order chi connectivity index (χ0) is 11.9. The van der Waals surface area contributed by atoms with E-state index in [0.29, 0.717) is 6.61 Å². The molecule has 0 aliphatic carbocycles.